The van der Waals surface area contributed by atoms with E-state index in [4.69, 9.17) is 11.6 Å². The van der Waals surface area contributed by atoms with Gasteiger partial charge in [0.1, 0.15) is 6.54 Å². The molecule has 0 radical (unpaired) electrons. The number of nitrogens with zero attached hydrogens (tertiary/aromatic N) is 4. The van der Waals surface area contributed by atoms with Gasteiger partial charge in [0.15, 0.2) is 5.96 Å². The van der Waals surface area contributed by atoms with Crippen molar-refractivity contribution < 1.29 is 4.79 Å². The highest BCUT2D eigenvalue weighted by molar-refractivity contribution is 6.33. The summed E-state index contributed by atoms with van der Waals surface area (Å²) in [6.07, 6.45) is 1.03. The minimum Gasteiger partial charge on any atom is -0.368 e. The van der Waals surface area contributed by atoms with Gasteiger partial charge in [0.2, 0.25) is 5.91 Å². The maximum absolute atomic E-state index is 11.7. The van der Waals surface area contributed by atoms with E-state index < -0.39 is 0 Å². The maximum Gasteiger partial charge on any atom is 0.243 e. The van der Waals surface area contributed by atoms with Crippen molar-refractivity contribution in [2.75, 3.05) is 71.4 Å². The standard InChI is InChI=1S/C20H33ClN6O/c1-4-22-20(24-16-19(28)25(2)3)23-10-7-11-26-12-14-27(15-13-26)18-9-6-5-8-17(18)21/h5-6,8-9H,4,7,10-16H2,1-3H3,(H2,22,23,24). The third-order valence-corrected chi connectivity index (χ3v) is 5.04. The number of hydrogen-bond acceptors (Lipinski definition) is 4. The number of guanidine groups is 1. The number of anilines is 1. The Kier molecular flexibility index (Phi) is 9.37. The minimum atomic E-state index is -0.00593. The van der Waals surface area contributed by atoms with Crippen molar-refractivity contribution in [1.82, 2.24) is 20.4 Å². The Labute approximate surface area is 173 Å². The zero-order valence-electron chi connectivity index (χ0n) is 17.2. The van der Waals surface area contributed by atoms with Crippen LogP contribution in [-0.2, 0) is 4.79 Å². The number of benzene rings is 1. The molecule has 0 aliphatic carbocycles. The summed E-state index contributed by atoms with van der Waals surface area (Å²) in [6, 6.07) is 8.04. The fraction of sp³-hybridized carbons (Fsp3) is 0.600. The fourth-order valence-corrected chi connectivity index (χ4v) is 3.32. The van der Waals surface area contributed by atoms with Gasteiger partial charge in [-0.15, -0.1) is 0 Å². The maximum atomic E-state index is 11.7. The zero-order valence-corrected chi connectivity index (χ0v) is 18.0. The molecule has 2 rings (SSSR count). The monoisotopic (exact) mass is 408 g/mol. The van der Waals surface area contributed by atoms with Gasteiger partial charge in [0, 0.05) is 53.4 Å². The molecule has 1 aliphatic rings. The number of aliphatic imine (C=N–C) groups is 1. The molecule has 1 fully saturated rings. The molecule has 0 aromatic heterocycles. The Morgan fingerprint density at radius 3 is 2.54 bits per heavy atom. The van der Waals surface area contributed by atoms with E-state index in [1.54, 1.807) is 19.0 Å². The van der Waals surface area contributed by atoms with Crippen LogP contribution in [0.15, 0.2) is 29.3 Å². The summed E-state index contributed by atoms with van der Waals surface area (Å²) in [6.45, 7) is 8.88. The number of halogens is 1. The summed E-state index contributed by atoms with van der Waals surface area (Å²) in [5.41, 5.74) is 1.13. The second kappa shape index (κ2) is 11.8. The average Bonchev–Trinajstić information content (AvgIpc) is 2.70. The van der Waals surface area contributed by atoms with Crippen molar-refractivity contribution in [1.29, 1.82) is 0 Å². The van der Waals surface area contributed by atoms with Gasteiger partial charge in [-0.3, -0.25) is 9.69 Å². The number of rotatable bonds is 8. The molecule has 7 nitrogen and oxygen atoms in total. The molecule has 2 N–H and O–H groups in total. The third-order valence-electron chi connectivity index (χ3n) is 4.72. The van der Waals surface area contributed by atoms with E-state index in [-0.39, 0.29) is 12.5 Å². The van der Waals surface area contributed by atoms with Crippen LogP contribution in [0.25, 0.3) is 0 Å². The lowest BCUT2D eigenvalue weighted by Gasteiger charge is -2.36. The van der Waals surface area contributed by atoms with Gasteiger partial charge in [0.05, 0.1) is 10.7 Å². The molecule has 0 spiro atoms. The molecule has 1 aromatic rings. The second-order valence-corrected chi connectivity index (χ2v) is 7.45. The van der Waals surface area contributed by atoms with E-state index >= 15 is 0 Å². The molecule has 1 amide bonds. The summed E-state index contributed by atoms with van der Waals surface area (Å²) in [4.78, 5) is 22.4. The first-order valence-corrected chi connectivity index (χ1v) is 10.3. The number of para-hydroxylation sites is 1. The summed E-state index contributed by atoms with van der Waals surface area (Å²) in [7, 11) is 3.48. The molecule has 8 heteroatoms. The highest BCUT2D eigenvalue weighted by Gasteiger charge is 2.18. The van der Waals surface area contributed by atoms with Crippen molar-refractivity contribution in [3.05, 3.63) is 29.3 Å². The average molecular weight is 409 g/mol. The van der Waals surface area contributed by atoms with Crippen LogP contribution < -0.4 is 15.5 Å². The molecule has 1 heterocycles. The molecule has 1 aromatic carbocycles. The Hall–Kier alpha value is -1.99. The van der Waals surface area contributed by atoms with Crippen LogP contribution in [0.3, 0.4) is 0 Å². The van der Waals surface area contributed by atoms with Gasteiger partial charge in [-0.25, -0.2) is 4.99 Å². The molecule has 28 heavy (non-hydrogen) atoms. The highest BCUT2D eigenvalue weighted by atomic mass is 35.5. The van der Waals surface area contributed by atoms with Gasteiger partial charge in [-0.1, -0.05) is 23.7 Å². The Balaban J connectivity index is 1.68. The number of likely N-dealkylation sites (N-methyl/N-ethyl adjacent to an activating group) is 1. The van der Waals surface area contributed by atoms with Crippen molar-refractivity contribution in [3.63, 3.8) is 0 Å². The van der Waals surface area contributed by atoms with Crippen LogP contribution in [0, 0.1) is 0 Å². The molecular weight excluding hydrogens is 376 g/mol. The van der Waals surface area contributed by atoms with Crippen molar-refractivity contribution in [2.45, 2.75) is 13.3 Å². The SMILES string of the molecule is CCNC(=NCC(=O)N(C)C)NCCCN1CCN(c2ccccc2Cl)CC1. The number of hydrogen-bond donors (Lipinski definition) is 2. The first kappa shape index (κ1) is 22.3. The lowest BCUT2D eigenvalue weighted by molar-refractivity contribution is -0.127. The second-order valence-electron chi connectivity index (χ2n) is 7.04. The van der Waals surface area contributed by atoms with Crippen LogP contribution >= 0.6 is 11.6 Å². The molecule has 1 aliphatic heterocycles. The highest BCUT2D eigenvalue weighted by Crippen LogP contribution is 2.25. The van der Waals surface area contributed by atoms with Crippen molar-refractivity contribution >= 4 is 29.2 Å². The van der Waals surface area contributed by atoms with Crippen LogP contribution in [-0.4, -0.2) is 88.1 Å². The van der Waals surface area contributed by atoms with Gasteiger partial charge in [-0.05, 0) is 32.0 Å². The summed E-state index contributed by atoms with van der Waals surface area (Å²) >= 11 is 6.31. The minimum absolute atomic E-state index is 0.00593. The topological polar surface area (TPSA) is 63.2 Å². The number of piperazine rings is 1. The predicted molar refractivity (Wildman–Crippen MR) is 117 cm³/mol. The fourth-order valence-electron chi connectivity index (χ4n) is 3.06. The third kappa shape index (κ3) is 7.20. The van der Waals surface area contributed by atoms with E-state index in [0.717, 1.165) is 62.9 Å². The summed E-state index contributed by atoms with van der Waals surface area (Å²) in [5.74, 6) is 0.690. The van der Waals surface area contributed by atoms with Gasteiger partial charge >= 0.3 is 0 Å². The van der Waals surface area contributed by atoms with Crippen LogP contribution in [0.1, 0.15) is 13.3 Å². The molecule has 156 valence electrons. The summed E-state index contributed by atoms with van der Waals surface area (Å²) in [5, 5.41) is 7.31. The molecule has 1 saturated heterocycles. The largest absolute Gasteiger partial charge is 0.368 e. The van der Waals surface area contributed by atoms with Crippen LogP contribution in [0.4, 0.5) is 5.69 Å². The number of carbonyl (C=O) groups is 1. The first-order chi connectivity index (χ1) is 13.5. The molecular formula is C20H33ClN6O. The summed E-state index contributed by atoms with van der Waals surface area (Å²) < 4.78 is 0. The lowest BCUT2D eigenvalue weighted by atomic mass is 10.2. The van der Waals surface area contributed by atoms with Gasteiger partial charge in [-0.2, -0.15) is 0 Å². The number of nitrogens with one attached hydrogen (secondary N) is 2. The van der Waals surface area contributed by atoms with E-state index in [0.29, 0.717) is 5.96 Å². The van der Waals surface area contributed by atoms with Crippen LogP contribution in [0.5, 0.6) is 0 Å². The predicted octanol–water partition coefficient (Wildman–Crippen LogP) is 1.50. The van der Waals surface area contributed by atoms with E-state index in [9.17, 15) is 4.79 Å². The molecule has 0 bridgehead atoms. The quantitative estimate of drug-likeness (QED) is 0.387. The lowest BCUT2D eigenvalue weighted by Crippen LogP contribution is -2.47. The van der Waals surface area contributed by atoms with Gasteiger partial charge in [0.25, 0.3) is 0 Å². The van der Waals surface area contributed by atoms with Gasteiger partial charge < -0.3 is 20.4 Å². The Morgan fingerprint density at radius 2 is 1.89 bits per heavy atom. The molecule has 0 unspecified atom stereocenters. The number of amides is 1. The normalized spacial score (nSPS) is 15.4. The number of carbonyl (C=O) groups excluding carboxylic acids is 1. The molecule has 0 saturated carbocycles. The van der Waals surface area contributed by atoms with E-state index in [1.807, 2.05) is 25.1 Å². The van der Waals surface area contributed by atoms with Crippen molar-refractivity contribution in [3.8, 4) is 0 Å². The van der Waals surface area contributed by atoms with E-state index in [1.165, 1.54) is 0 Å². The molecule has 0 atom stereocenters. The first-order valence-electron chi connectivity index (χ1n) is 9.95. The van der Waals surface area contributed by atoms with Crippen LogP contribution in [0.2, 0.25) is 5.02 Å². The zero-order chi connectivity index (χ0) is 20.4. The van der Waals surface area contributed by atoms with E-state index in [2.05, 4.69) is 31.5 Å². The smallest absolute Gasteiger partial charge is 0.243 e. The van der Waals surface area contributed by atoms with Crippen molar-refractivity contribution in [2.24, 2.45) is 4.99 Å². The Bertz CT molecular complexity index is 643. The Morgan fingerprint density at radius 1 is 1.18 bits per heavy atom.